The number of hydrogen-bond donors (Lipinski definition) is 0. The maximum Gasteiger partial charge on any atom is 0.326 e. The van der Waals surface area contributed by atoms with E-state index in [4.69, 9.17) is 4.74 Å². The molecule has 126 valence electrons. The van der Waals surface area contributed by atoms with Gasteiger partial charge in [0.05, 0.1) is 12.6 Å². The molecule has 2 rings (SSSR count). The lowest BCUT2D eigenvalue weighted by Crippen LogP contribution is -2.62. The van der Waals surface area contributed by atoms with Crippen LogP contribution in [0, 0.1) is 0 Å². The Balaban J connectivity index is 2.73. The van der Waals surface area contributed by atoms with Gasteiger partial charge in [-0.2, -0.15) is 0 Å². The normalized spacial score (nSPS) is 22.0. The summed E-state index contributed by atoms with van der Waals surface area (Å²) in [5, 5.41) is 0. The average molecular weight is 339 g/mol. The van der Waals surface area contributed by atoms with Crippen molar-refractivity contribution in [1.29, 1.82) is 0 Å². The zero-order valence-electron chi connectivity index (χ0n) is 13.4. The third kappa shape index (κ3) is 3.01. The van der Waals surface area contributed by atoms with Crippen molar-refractivity contribution in [3.05, 3.63) is 29.8 Å². The number of amides is 1. The number of para-hydroxylation sites is 1. The lowest BCUT2D eigenvalue weighted by atomic mass is 9.92. The standard InChI is InChI=1S/C15H20N2O5S/c1-10(18)17-12-8-6-5-7-11(12)9-16(23(20)21)13(14(19)22-4)15(17,2)3/h5-8,13H,9H2,1-4H3,(H,20,21)/p-1. The Bertz CT molecular complexity index is 661. The Morgan fingerprint density at radius 1 is 1.35 bits per heavy atom. The van der Waals surface area contributed by atoms with E-state index in [1.54, 1.807) is 38.1 Å². The fraction of sp³-hybridized carbons (Fsp3) is 0.467. The Morgan fingerprint density at radius 3 is 2.48 bits per heavy atom. The van der Waals surface area contributed by atoms with Crippen LogP contribution in [-0.4, -0.2) is 43.6 Å². The van der Waals surface area contributed by atoms with E-state index < -0.39 is 28.8 Å². The van der Waals surface area contributed by atoms with E-state index in [1.165, 1.54) is 18.9 Å². The van der Waals surface area contributed by atoms with Crippen molar-refractivity contribution in [1.82, 2.24) is 4.31 Å². The minimum absolute atomic E-state index is 0.0146. The highest BCUT2D eigenvalue weighted by Crippen LogP contribution is 2.37. The van der Waals surface area contributed by atoms with Crippen molar-refractivity contribution in [2.24, 2.45) is 0 Å². The van der Waals surface area contributed by atoms with Crippen LogP contribution in [0.5, 0.6) is 0 Å². The molecule has 2 atom stereocenters. The highest BCUT2D eigenvalue weighted by atomic mass is 32.2. The summed E-state index contributed by atoms with van der Waals surface area (Å²) < 4.78 is 29.3. The number of anilines is 1. The summed E-state index contributed by atoms with van der Waals surface area (Å²) in [6.07, 6.45) is 0. The molecule has 1 heterocycles. The average Bonchev–Trinajstić information content (AvgIpc) is 2.57. The number of benzene rings is 1. The minimum Gasteiger partial charge on any atom is -0.760 e. The molecule has 8 heteroatoms. The minimum atomic E-state index is -2.65. The number of carbonyl (C=O) groups excluding carboxylic acids is 2. The van der Waals surface area contributed by atoms with Crippen LogP contribution in [0.25, 0.3) is 0 Å². The van der Waals surface area contributed by atoms with Crippen LogP contribution in [0.2, 0.25) is 0 Å². The van der Waals surface area contributed by atoms with Crippen LogP contribution >= 0.6 is 0 Å². The Morgan fingerprint density at radius 2 is 1.96 bits per heavy atom. The number of methoxy groups -OCH3 is 1. The second-order valence-corrected chi connectivity index (χ2v) is 6.76. The quantitative estimate of drug-likeness (QED) is 0.591. The highest BCUT2D eigenvalue weighted by molar-refractivity contribution is 7.76. The van der Waals surface area contributed by atoms with E-state index in [9.17, 15) is 18.4 Å². The Labute approximate surface area is 137 Å². The molecule has 0 aromatic heterocycles. The Hall–Kier alpha value is -1.77. The first-order valence-corrected chi connectivity index (χ1v) is 8.07. The first-order chi connectivity index (χ1) is 10.7. The molecule has 1 aromatic rings. The van der Waals surface area contributed by atoms with Gasteiger partial charge in [-0.15, -0.1) is 0 Å². The molecule has 1 aliphatic heterocycles. The zero-order chi connectivity index (χ0) is 17.4. The third-order valence-electron chi connectivity index (χ3n) is 4.02. The maximum absolute atomic E-state index is 12.3. The van der Waals surface area contributed by atoms with Crippen molar-refractivity contribution >= 4 is 28.8 Å². The number of nitrogens with zero attached hydrogens (tertiary/aromatic N) is 2. The molecule has 7 nitrogen and oxygen atoms in total. The summed E-state index contributed by atoms with van der Waals surface area (Å²) in [7, 11) is 1.19. The number of fused-ring (bicyclic) bond motifs is 1. The molecular weight excluding hydrogens is 320 g/mol. The van der Waals surface area contributed by atoms with Crippen molar-refractivity contribution in [2.75, 3.05) is 12.0 Å². The van der Waals surface area contributed by atoms with Gasteiger partial charge in [0.1, 0.15) is 6.04 Å². The summed E-state index contributed by atoms with van der Waals surface area (Å²) >= 11 is -2.65. The largest absolute Gasteiger partial charge is 0.760 e. The molecule has 0 aliphatic carbocycles. The third-order valence-corrected chi connectivity index (χ3v) is 4.75. The Kier molecular flexibility index (Phi) is 4.88. The highest BCUT2D eigenvalue weighted by Gasteiger charge is 2.49. The van der Waals surface area contributed by atoms with E-state index in [0.717, 1.165) is 4.31 Å². The van der Waals surface area contributed by atoms with Crippen LogP contribution < -0.4 is 4.90 Å². The van der Waals surface area contributed by atoms with Crippen LogP contribution in [0.4, 0.5) is 5.69 Å². The van der Waals surface area contributed by atoms with Gasteiger partial charge in [-0.3, -0.25) is 13.8 Å². The molecule has 1 aliphatic rings. The lowest BCUT2D eigenvalue weighted by molar-refractivity contribution is -0.147. The summed E-state index contributed by atoms with van der Waals surface area (Å²) in [6, 6.07) is 5.85. The van der Waals surface area contributed by atoms with Crippen molar-refractivity contribution < 1.29 is 23.1 Å². The molecule has 0 saturated carbocycles. The molecular formula is C15H19N2O5S-. The van der Waals surface area contributed by atoms with Crippen molar-refractivity contribution in [3.8, 4) is 0 Å². The molecule has 0 fully saturated rings. The van der Waals surface area contributed by atoms with Gasteiger partial charge >= 0.3 is 5.97 Å². The SMILES string of the molecule is COC(=O)C1N(S(=O)[O-])Cc2ccccc2N(C(C)=O)C1(C)C. The first-order valence-electron chi connectivity index (χ1n) is 7.04. The van der Waals surface area contributed by atoms with Crippen molar-refractivity contribution in [3.63, 3.8) is 0 Å². The number of carbonyl (C=O) groups is 2. The van der Waals surface area contributed by atoms with E-state index in [-0.39, 0.29) is 12.5 Å². The van der Waals surface area contributed by atoms with Gasteiger partial charge < -0.3 is 14.2 Å². The summed E-state index contributed by atoms with van der Waals surface area (Å²) in [4.78, 5) is 26.0. The van der Waals surface area contributed by atoms with Gasteiger partial charge in [0, 0.05) is 30.4 Å². The first kappa shape index (κ1) is 17.6. The van der Waals surface area contributed by atoms with Crippen LogP contribution in [0.3, 0.4) is 0 Å². The van der Waals surface area contributed by atoms with E-state index >= 15 is 0 Å². The molecule has 0 spiro atoms. The number of ether oxygens (including phenoxy) is 1. The molecule has 1 amide bonds. The number of hydrogen-bond acceptors (Lipinski definition) is 5. The second kappa shape index (κ2) is 6.38. The van der Waals surface area contributed by atoms with Gasteiger partial charge in [-0.05, 0) is 25.5 Å². The fourth-order valence-electron chi connectivity index (χ4n) is 3.14. The van der Waals surface area contributed by atoms with Crippen LogP contribution in [0.15, 0.2) is 24.3 Å². The van der Waals surface area contributed by atoms with Crippen LogP contribution in [0.1, 0.15) is 26.3 Å². The molecule has 0 radical (unpaired) electrons. The second-order valence-electron chi connectivity index (χ2n) is 5.85. The number of esters is 1. The fourth-order valence-corrected chi connectivity index (χ4v) is 3.90. The summed E-state index contributed by atoms with van der Waals surface area (Å²) in [5.74, 6) is -0.992. The summed E-state index contributed by atoms with van der Waals surface area (Å²) in [6.45, 7) is 4.67. The molecule has 0 saturated heterocycles. The van der Waals surface area contributed by atoms with Gasteiger partial charge in [0.25, 0.3) is 0 Å². The lowest BCUT2D eigenvalue weighted by Gasteiger charge is -2.44. The maximum atomic E-state index is 12.3. The zero-order valence-corrected chi connectivity index (χ0v) is 14.3. The van der Waals surface area contributed by atoms with Crippen LogP contribution in [-0.2, 0) is 32.1 Å². The van der Waals surface area contributed by atoms with Gasteiger partial charge in [0.2, 0.25) is 5.91 Å². The molecule has 23 heavy (non-hydrogen) atoms. The van der Waals surface area contributed by atoms with E-state index in [1.807, 2.05) is 0 Å². The van der Waals surface area contributed by atoms with E-state index in [2.05, 4.69) is 0 Å². The topological polar surface area (TPSA) is 90.0 Å². The van der Waals surface area contributed by atoms with Gasteiger partial charge in [0.15, 0.2) is 0 Å². The van der Waals surface area contributed by atoms with Gasteiger partial charge in [-0.25, -0.2) is 4.31 Å². The van der Waals surface area contributed by atoms with E-state index in [0.29, 0.717) is 11.3 Å². The molecule has 2 unspecified atom stereocenters. The van der Waals surface area contributed by atoms with Crippen molar-refractivity contribution in [2.45, 2.75) is 38.9 Å². The molecule has 0 N–H and O–H groups in total. The monoisotopic (exact) mass is 339 g/mol. The van der Waals surface area contributed by atoms with Gasteiger partial charge in [-0.1, -0.05) is 18.2 Å². The molecule has 1 aromatic carbocycles. The summed E-state index contributed by atoms with van der Waals surface area (Å²) in [5.41, 5.74) is 0.115. The predicted molar refractivity (Wildman–Crippen MR) is 83.9 cm³/mol. The smallest absolute Gasteiger partial charge is 0.326 e. The predicted octanol–water partition coefficient (Wildman–Crippen LogP) is 0.969. The number of rotatable bonds is 2. The molecule has 0 bridgehead atoms.